The fourth-order valence-corrected chi connectivity index (χ4v) is 3.15. The Balaban J connectivity index is 1.67. The van der Waals surface area contributed by atoms with Crippen molar-refractivity contribution in [1.82, 2.24) is 0 Å². The van der Waals surface area contributed by atoms with Gasteiger partial charge in [-0.1, -0.05) is 53.5 Å². The molecule has 6 heteroatoms. The molecule has 0 aromatic heterocycles. The Labute approximate surface area is 191 Å². The fourth-order valence-electron chi connectivity index (χ4n) is 2.83. The molecule has 0 aliphatic rings. The van der Waals surface area contributed by atoms with Crippen LogP contribution < -0.4 is 10.1 Å². The Morgan fingerprint density at radius 1 is 1.03 bits per heavy atom. The van der Waals surface area contributed by atoms with Crippen LogP contribution in [-0.4, -0.2) is 5.91 Å². The summed E-state index contributed by atoms with van der Waals surface area (Å²) in [7, 11) is 0. The van der Waals surface area contributed by atoms with Crippen LogP contribution in [0.1, 0.15) is 22.3 Å². The van der Waals surface area contributed by atoms with Gasteiger partial charge in [0.25, 0.3) is 5.91 Å². The maximum absolute atomic E-state index is 12.5. The minimum absolute atomic E-state index is 0.0189. The second-order valence-corrected chi connectivity index (χ2v) is 7.86. The number of anilines is 1. The lowest BCUT2D eigenvalue weighted by Crippen LogP contribution is -2.14. The summed E-state index contributed by atoms with van der Waals surface area (Å²) in [5.41, 5.74) is 4.28. The van der Waals surface area contributed by atoms with E-state index in [2.05, 4.69) is 5.32 Å². The van der Waals surface area contributed by atoms with E-state index in [-0.39, 0.29) is 5.57 Å². The zero-order chi connectivity index (χ0) is 22.4. The summed E-state index contributed by atoms with van der Waals surface area (Å²) in [6.07, 6.45) is 1.54. The molecule has 0 spiro atoms. The van der Waals surface area contributed by atoms with Crippen molar-refractivity contribution in [3.8, 4) is 11.8 Å². The number of aryl methyl sites for hydroxylation is 2. The van der Waals surface area contributed by atoms with E-state index < -0.39 is 5.91 Å². The van der Waals surface area contributed by atoms with Crippen LogP contribution in [-0.2, 0) is 11.4 Å². The van der Waals surface area contributed by atoms with Crippen LogP contribution in [0.5, 0.6) is 5.75 Å². The fraction of sp³-hybridized carbons (Fsp3) is 0.120. The number of halogens is 2. The quantitative estimate of drug-likeness (QED) is 0.334. The zero-order valence-electron chi connectivity index (χ0n) is 17.1. The maximum Gasteiger partial charge on any atom is 0.266 e. The highest BCUT2D eigenvalue weighted by molar-refractivity contribution is 6.42. The Morgan fingerprint density at radius 3 is 2.45 bits per heavy atom. The number of nitrogens with one attached hydrogen (secondary N) is 1. The van der Waals surface area contributed by atoms with E-state index >= 15 is 0 Å². The van der Waals surface area contributed by atoms with Crippen molar-refractivity contribution < 1.29 is 9.53 Å². The van der Waals surface area contributed by atoms with Gasteiger partial charge < -0.3 is 10.1 Å². The maximum atomic E-state index is 12.5. The third-order valence-electron chi connectivity index (χ3n) is 4.59. The number of ether oxygens (including phenoxy) is 1. The number of carbonyl (C=O) groups is 1. The van der Waals surface area contributed by atoms with E-state index in [1.165, 1.54) is 0 Å². The summed E-state index contributed by atoms with van der Waals surface area (Å²) in [4.78, 5) is 12.5. The third-order valence-corrected chi connectivity index (χ3v) is 5.33. The van der Waals surface area contributed by atoms with Crippen molar-refractivity contribution >= 4 is 40.9 Å². The molecule has 4 nitrogen and oxygen atoms in total. The predicted octanol–water partition coefficient (Wildman–Crippen LogP) is 6.73. The topological polar surface area (TPSA) is 62.1 Å². The Bertz CT molecular complexity index is 1180. The van der Waals surface area contributed by atoms with Crippen LogP contribution in [0.15, 0.2) is 66.2 Å². The molecule has 1 amide bonds. The number of carbonyl (C=O) groups excluding carboxylic acids is 1. The highest BCUT2D eigenvalue weighted by Gasteiger charge is 2.11. The normalized spacial score (nSPS) is 11.0. The van der Waals surface area contributed by atoms with Crippen molar-refractivity contribution in [2.75, 3.05) is 5.32 Å². The highest BCUT2D eigenvalue weighted by Crippen LogP contribution is 2.24. The molecule has 0 bridgehead atoms. The number of hydrogen-bond acceptors (Lipinski definition) is 3. The Hall–Kier alpha value is -3.26. The molecule has 0 saturated heterocycles. The van der Waals surface area contributed by atoms with Gasteiger partial charge in [0.2, 0.25) is 0 Å². The molecule has 0 unspecified atom stereocenters. The number of nitriles is 1. The Kier molecular flexibility index (Phi) is 7.36. The average Bonchev–Trinajstić information content (AvgIpc) is 2.76. The SMILES string of the molecule is Cc1ccc(C)c(NC(=O)/C(C#N)=C/c2ccc(OCc3ccc(Cl)c(Cl)c3)cc2)c1. The molecule has 0 atom stereocenters. The van der Waals surface area contributed by atoms with E-state index in [4.69, 9.17) is 27.9 Å². The second kappa shape index (κ2) is 10.2. The zero-order valence-corrected chi connectivity index (χ0v) is 18.6. The molecule has 3 rings (SSSR count). The summed E-state index contributed by atoms with van der Waals surface area (Å²) in [5, 5.41) is 13.2. The molecule has 0 aliphatic heterocycles. The first-order valence-electron chi connectivity index (χ1n) is 9.53. The molecule has 156 valence electrons. The first-order valence-corrected chi connectivity index (χ1v) is 10.3. The van der Waals surface area contributed by atoms with Crippen LogP contribution in [0.2, 0.25) is 10.0 Å². The van der Waals surface area contributed by atoms with Crippen molar-refractivity contribution in [2.24, 2.45) is 0 Å². The lowest BCUT2D eigenvalue weighted by Gasteiger charge is -2.09. The van der Waals surface area contributed by atoms with Gasteiger partial charge in [0.1, 0.15) is 24.0 Å². The highest BCUT2D eigenvalue weighted by atomic mass is 35.5. The number of amides is 1. The Morgan fingerprint density at radius 2 is 1.77 bits per heavy atom. The molecule has 0 radical (unpaired) electrons. The lowest BCUT2D eigenvalue weighted by atomic mass is 10.1. The summed E-state index contributed by atoms with van der Waals surface area (Å²) in [6, 6.07) is 20.2. The van der Waals surface area contributed by atoms with Gasteiger partial charge in [-0.05, 0) is 72.5 Å². The van der Waals surface area contributed by atoms with Crippen LogP contribution in [0.4, 0.5) is 5.69 Å². The van der Waals surface area contributed by atoms with E-state index in [1.807, 2.05) is 44.2 Å². The van der Waals surface area contributed by atoms with Gasteiger partial charge in [0, 0.05) is 5.69 Å². The first-order chi connectivity index (χ1) is 14.9. The smallest absolute Gasteiger partial charge is 0.266 e. The van der Waals surface area contributed by atoms with Gasteiger partial charge in [-0.3, -0.25) is 4.79 Å². The summed E-state index contributed by atoms with van der Waals surface area (Å²) in [6.45, 7) is 4.19. The monoisotopic (exact) mass is 450 g/mol. The minimum atomic E-state index is -0.448. The third kappa shape index (κ3) is 6.11. The van der Waals surface area contributed by atoms with E-state index in [0.29, 0.717) is 28.1 Å². The molecule has 3 aromatic carbocycles. The van der Waals surface area contributed by atoms with Gasteiger partial charge in [-0.2, -0.15) is 5.26 Å². The number of hydrogen-bond donors (Lipinski definition) is 1. The summed E-state index contributed by atoms with van der Waals surface area (Å²) >= 11 is 11.9. The molecular formula is C25H20Cl2N2O2. The molecule has 0 saturated carbocycles. The van der Waals surface area contributed by atoms with Crippen LogP contribution in [0.3, 0.4) is 0 Å². The number of rotatable bonds is 6. The standard InChI is InChI=1S/C25H20Cl2N2O2/c1-16-3-4-17(2)24(11-16)29-25(30)20(14-28)12-18-5-8-21(9-6-18)31-15-19-7-10-22(26)23(27)13-19/h3-13H,15H2,1-2H3,(H,29,30)/b20-12+. The van der Waals surface area contributed by atoms with Gasteiger partial charge in [0.15, 0.2) is 0 Å². The first kappa shape index (κ1) is 22.4. The summed E-state index contributed by atoms with van der Waals surface area (Å²) < 4.78 is 5.76. The summed E-state index contributed by atoms with van der Waals surface area (Å²) in [5.74, 6) is 0.206. The molecule has 0 aliphatic carbocycles. The number of nitrogens with zero attached hydrogens (tertiary/aromatic N) is 1. The molecule has 0 heterocycles. The van der Waals surface area contributed by atoms with Crippen molar-refractivity contribution in [3.63, 3.8) is 0 Å². The van der Waals surface area contributed by atoms with Crippen molar-refractivity contribution in [2.45, 2.75) is 20.5 Å². The van der Waals surface area contributed by atoms with Crippen molar-refractivity contribution in [3.05, 3.63) is 98.5 Å². The molecule has 3 aromatic rings. The molecule has 1 N–H and O–H groups in total. The van der Waals surface area contributed by atoms with E-state index in [1.54, 1.807) is 42.5 Å². The van der Waals surface area contributed by atoms with Crippen LogP contribution in [0.25, 0.3) is 6.08 Å². The van der Waals surface area contributed by atoms with E-state index in [0.717, 1.165) is 22.3 Å². The number of benzene rings is 3. The molecular weight excluding hydrogens is 431 g/mol. The van der Waals surface area contributed by atoms with Gasteiger partial charge in [-0.25, -0.2) is 0 Å². The van der Waals surface area contributed by atoms with Crippen LogP contribution in [0, 0.1) is 25.2 Å². The van der Waals surface area contributed by atoms with Crippen molar-refractivity contribution in [1.29, 1.82) is 5.26 Å². The van der Waals surface area contributed by atoms with E-state index in [9.17, 15) is 10.1 Å². The van der Waals surface area contributed by atoms with Gasteiger partial charge in [0.05, 0.1) is 10.0 Å². The largest absolute Gasteiger partial charge is 0.489 e. The average molecular weight is 451 g/mol. The molecule has 0 fully saturated rings. The second-order valence-electron chi connectivity index (χ2n) is 7.05. The van der Waals surface area contributed by atoms with Crippen LogP contribution >= 0.6 is 23.2 Å². The molecule has 31 heavy (non-hydrogen) atoms. The lowest BCUT2D eigenvalue weighted by molar-refractivity contribution is -0.112. The predicted molar refractivity (Wildman–Crippen MR) is 125 cm³/mol. The minimum Gasteiger partial charge on any atom is -0.489 e. The van der Waals surface area contributed by atoms with Gasteiger partial charge in [-0.15, -0.1) is 0 Å². The van der Waals surface area contributed by atoms with Gasteiger partial charge >= 0.3 is 0 Å².